The van der Waals surface area contributed by atoms with Gasteiger partial charge in [-0.2, -0.15) is 4.98 Å². The number of aliphatic hydroxyl groups is 1. The first-order valence-electron chi connectivity index (χ1n) is 5.95. The Morgan fingerprint density at radius 1 is 1.38 bits per heavy atom. The molecular formula is C11H16N2O3. The van der Waals surface area contributed by atoms with Crippen LogP contribution in [0.2, 0.25) is 0 Å². The number of aryl methyl sites for hydroxylation is 1. The van der Waals surface area contributed by atoms with Crippen LogP contribution in [-0.4, -0.2) is 34.1 Å². The summed E-state index contributed by atoms with van der Waals surface area (Å²) < 4.78 is 10.9. The van der Waals surface area contributed by atoms with E-state index in [9.17, 15) is 0 Å². The fourth-order valence-electron chi connectivity index (χ4n) is 2.66. The molecule has 0 radical (unpaired) electrons. The number of ether oxygens (including phenoxy) is 1. The highest BCUT2D eigenvalue weighted by Crippen LogP contribution is 2.43. The monoisotopic (exact) mass is 224 g/mol. The molecular weight excluding hydrogens is 208 g/mol. The molecule has 5 nitrogen and oxygen atoms in total. The number of rotatable bonds is 4. The quantitative estimate of drug-likeness (QED) is 0.827. The zero-order chi connectivity index (χ0) is 11.0. The molecule has 2 fully saturated rings. The largest absolute Gasteiger partial charge is 0.396 e. The van der Waals surface area contributed by atoms with Gasteiger partial charge in [0.1, 0.15) is 0 Å². The molecule has 2 bridgehead atoms. The Kier molecular flexibility index (Phi) is 2.65. The van der Waals surface area contributed by atoms with Gasteiger partial charge in [0.15, 0.2) is 5.82 Å². The Hall–Kier alpha value is -0.940. The molecule has 0 aliphatic carbocycles. The van der Waals surface area contributed by atoms with Gasteiger partial charge in [-0.15, -0.1) is 0 Å². The molecule has 2 aliphatic rings. The Balaban J connectivity index is 1.68. The molecule has 1 N–H and O–H groups in total. The summed E-state index contributed by atoms with van der Waals surface area (Å²) in [7, 11) is 0. The van der Waals surface area contributed by atoms with Gasteiger partial charge in [-0.25, -0.2) is 0 Å². The van der Waals surface area contributed by atoms with E-state index >= 15 is 0 Å². The van der Waals surface area contributed by atoms with Crippen LogP contribution in [0.4, 0.5) is 0 Å². The van der Waals surface area contributed by atoms with Gasteiger partial charge in [0.25, 0.3) is 0 Å². The molecule has 1 aromatic heterocycles. The SMILES string of the molecule is OCCCc1nc(C2CC3CCC2O3)no1. The molecule has 1 aromatic rings. The van der Waals surface area contributed by atoms with Crippen LogP contribution < -0.4 is 0 Å². The third-order valence-corrected chi connectivity index (χ3v) is 3.47. The fourth-order valence-corrected chi connectivity index (χ4v) is 2.66. The topological polar surface area (TPSA) is 68.4 Å². The van der Waals surface area contributed by atoms with Crippen molar-refractivity contribution < 1.29 is 14.4 Å². The number of aliphatic hydroxyl groups excluding tert-OH is 1. The number of aromatic nitrogens is 2. The van der Waals surface area contributed by atoms with Crippen molar-refractivity contribution in [2.45, 2.75) is 50.2 Å². The number of nitrogens with zero attached hydrogens (tertiary/aromatic N) is 2. The van der Waals surface area contributed by atoms with E-state index in [0.717, 1.165) is 18.7 Å². The zero-order valence-corrected chi connectivity index (χ0v) is 9.13. The highest BCUT2D eigenvalue weighted by atomic mass is 16.5. The van der Waals surface area contributed by atoms with E-state index in [4.69, 9.17) is 14.4 Å². The van der Waals surface area contributed by atoms with Crippen molar-refractivity contribution in [3.05, 3.63) is 11.7 Å². The fraction of sp³-hybridized carbons (Fsp3) is 0.818. The molecule has 16 heavy (non-hydrogen) atoms. The van der Waals surface area contributed by atoms with Crippen molar-refractivity contribution in [2.75, 3.05) is 6.61 Å². The van der Waals surface area contributed by atoms with E-state index in [0.29, 0.717) is 36.9 Å². The van der Waals surface area contributed by atoms with Gasteiger partial charge in [-0.3, -0.25) is 0 Å². The second kappa shape index (κ2) is 4.14. The number of hydrogen-bond acceptors (Lipinski definition) is 5. The summed E-state index contributed by atoms with van der Waals surface area (Å²) in [5, 5.41) is 12.7. The predicted octanol–water partition coefficient (Wildman–Crippen LogP) is 1.03. The number of hydrogen-bond donors (Lipinski definition) is 1. The first-order valence-corrected chi connectivity index (χ1v) is 5.95. The second-order valence-corrected chi connectivity index (χ2v) is 4.59. The average Bonchev–Trinajstić information content (AvgIpc) is 3.01. The maximum atomic E-state index is 8.72. The summed E-state index contributed by atoms with van der Waals surface area (Å²) in [6.07, 6.45) is 5.37. The minimum absolute atomic E-state index is 0.162. The van der Waals surface area contributed by atoms with E-state index in [2.05, 4.69) is 10.1 Å². The third kappa shape index (κ3) is 1.74. The van der Waals surface area contributed by atoms with Gasteiger partial charge in [0.2, 0.25) is 5.89 Å². The van der Waals surface area contributed by atoms with Crippen molar-refractivity contribution in [1.82, 2.24) is 10.1 Å². The van der Waals surface area contributed by atoms with E-state index in [-0.39, 0.29) is 6.61 Å². The molecule has 0 saturated carbocycles. The van der Waals surface area contributed by atoms with Gasteiger partial charge < -0.3 is 14.4 Å². The lowest BCUT2D eigenvalue weighted by molar-refractivity contribution is 0.0996. The molecule has 5 heteroatoms. The lowest BCUT2D eigenvalue weighted by Crippen LogP contribution is -2.15. The Labute approximate surface area is 93.8 Å². The average molecular weight is 224 g/mol. The number of fused-ring (bicyclic) bond motifs is 2. The molecule has 0 aromatic carbocycles. The van der Waals surface area contributed by atoms with E-state index in [1.54, 1.807) is 0 Å². The normalized spacial score (nSPS) is 32.4. The van der Waals surface area contributed by atoms with E-state index in [1.165, 1.54) is 6.42 Å². The van der Waals surface area contributed by atoms with Crippen LogP contribution in [-0.2, 0) is 11.2 Å². The Morgan fingerprint density at radius 2 is 2.31 bits per heavy atom. The van der Waals surface area contributed by atoms with E-state index in [1.807, 2.05) is 0 Å². The van der Waals surface area contributed by atoms with Crippen LogP contribution >= 0.6 is 0 Å². The highest BCUT2D eigenvalue weighted by molar-refractivity contribution is 5.06. The summed E-state index contributed by atoms with van der Waals surface area (Å²) in [6.45, 7) is 0.162. The highest BCUT2D eigenvalue weighted by Gasteiger charge is 2.43. The first-order chi connectivity index (χ1) is 7.86. The van der Waals surface area contributed by atoms with Gasteiger partial charge in [0.05, 0.1) is 18.1 Å². The predicted molar refractivity (Wildman–Crippen MR) is 55.0 cm³/mol. The summed E-state index contributed by atoms with van der Waals surface area (Å²) in [5.74, 6) is 1.75. The van der Waals surface area contributed by atoms with Crippen LogP contribution in [0.5, 0.6) is 0 Å². The maximum absolute atomic E-state index is 8.72. The molecule has 2 saturated heterocycles. The van der Waals surface area contributed by atoms with Crippen LogP contribution in [0.1, 0.15) is 43.3 Å². The zero-order valence-electron chi connectivity index (χ0n) is 9.13. The van der Waals surface area contributed by atoms with Gasteiger partial charge in [-0.1, -0.05) is 5.16 Å². The Bertz CT molecular complexity index is 366. The molecule has 3 atom stereocenters. The smallest absolute Gasteiger partial charge is 0.226 e. The van der Waals surface area contributed by atoms with Crippen molar-refractivity contribution in [3.8, 4) is 0 Å². The molecule has 0 spiro atoms. The molecule has 3 rings (SSSR count). The summed E-state index contributed by atoms with van der Waals surface area (Å²) >= 11 is 0. The minimum Gasteiger partial charge on any atom is -0.396 e. The van der Waals surface area contributed by atoms with Crippen molar-refractivity contribution in [1.29, 1.82) is 0 Å². The Morgan fingerprint density at radius 3 is 3.00 bits per heavy atom. The van der Waals surface area contributed by atoms with Crippen molar-refractivity contribution in [3.63, 3.8) is 0 Å². The first kappa shape index (κ1) is 10.2. The third-order valence-electron chi connectivity index (χ3n) is 3.47. The maximum Gasteiger partial charge on any atom is 0.226 e. The van der Waals surface area contributed by atoms with Crippen LogP contribution in [0, 0.1) is 0 Å². The van der Waals surface area contributed by atoms with Gasteiger partial charge >= 0.3 is 0 Å². The van der Waals surface area contributed by atoms with Crippen LogP contribution in [0.25, 0.3) is 0 Å². The van der Waals surface area contributed by atoms with Crippen molar-refractivity contribution in [2.24, 2.45) is 0 Å². The van der Waals surface area contributed by atoms with Crippen LogP contribution in [0.15, 0.2) is 4.52 Å². The van der Waals surface area contributed by atoms with E-state index < -0.39 is 0 Å². The summed E-state index contributed by atoms with van der Waals surface area (Å²) in [5.41, 5.74) is 0. The van der Waals surface area contributed by atoms with Crippen molar-refractivity contribution >= 4 is 0 Å². The lowest BCUT2D eigenvalue weighted by Gasteiger charge is -2.13. The van der Waals surface area contributed by atoms with Crippen LogP contribution in [0.3, 0.4) is 0 Å². The molecule has 0 amide bonds. The van der Waals surface area contributed by atoms with Gasteiger partial charge in [-0.05, 0) is 25.7 Å². The minimum atomic E-state index is 0.162. The summed E-state index contributed by atoms with van der Waals surface area (Å²) in [6, 6.07) is 0. The standard InChI is InChI=1S/C11H16N2O3/c14-5-1-2-10-12-11(13-16-10)8-6-7-3-4-9(8)15-7/h7-9,14H,1-6H2. The second-order valence-electron chi connectivity index (χ2n) is 4.59. The summed E-state index contributed by atoms with van der Waals surface area (Å²) in [4.78, 5) is 4.38. The molecule has 2 aliphatic heterocycles. The molecule has 88 valence electrons. The lowest BCUT2D eigenvalue weighted by atomic mass is 9.89. The molecule has 3 heterocycles. The van der Waals surface area contributed by atoms with Gasteiger partial charge in [0, 0.05) is 13.0 Å². The molecule has 3 unspecified atom stereocenters.